The highest BCUT2D eigenvalue weighted by atomic mass is 16.5. The second-order valence-electron chi connectivity index (χ2n) is 5.91. The SMILES string of the molecule is NC1CCN(C(=O)c2ccc(OCC3CC3)cc2)CC1. The zero-order valence-corrected chi connectivity index (χ0v) is 11.8. The first-order valence-corrected chi connectivity index (χ1v) is 7.50. The molecule has 20 heavy (non-hydrogen) atoms. The molecule has 1 amide bonds. The molecule has 3 rings (SSSR count). The molecule has 2 N–H and O–H groups in total. The summed E-state index contributed by atoms with van der Waals surface area (Å²) in [5.74, 6) is 1.70. The van der Waals surface area contributed by atoms with Crippen molar-refractivity contribution in [2.24, 2.45) is 11.7 Å². The Morgan fingerprint density at radius 2 is 1.80 bits per heavy atom. The van der Waals surface area contributed by atoms with Gasteiger partial charge in [0.15, 0.2) is 0 Å². The fourth-order valence-corrected chi connectivity index (χ4v) is 2.48. The second kappa shape index (κ2) is 5.83. The minimum absolute atomic E-state index is 0.102. The van der Waals surface area contributed by atoms with E-state index in [-0.39, 0.29) is 11.9 Å². The van der Waals surface area contributed by atoms with Crippen LogP contribution in [0.3, 0.4) is 0 Å². The van der Waals surface area contributed by atoms with E-state index < -0.39 is 0 Å². The van der Waals surface area contributed by atoms with E-state index in [4.69, 9.17) is 10.5 Å². The van der Waals surface area contributed by atoms with Gasteiger partial charge in [0.25, 0.3) is 5.91 Å². The van der Waals surface area contributed by atoms with Crippen molar-refractivity contribution in [2.45, 2.75) is 31.7 Å². The zero-order valence-electron chi connectivity index (χ0n) is 11.8. The van der Waals surface area contributed by atoms with Gasteiger partial charge in [0.1, 0.15) is 5.75 Å². The van der Waals surface area contributed by atoms with Crippen LogP contribution in [0, 0.1) is 5.92 Å². The fourth-order valence-electron chi connectivity index (χ4n) is 2.48. The van der Waals surface area contributed by atoms with Gasteiger partial charge in [-0.15, -0.1) is 0 Å². The van der Waals surface area contributed by atoms with Gasteiger partial charge in [0.2, 0.25) is 0 Å². The van der Waals surface area contributed by atoms with E-state index in [1.807, 2.05) is 29.2 Å². The zero-order chi connectivity index (χ0) is 13.9. The van der Waals surface area contributed by atoms with Crippen molar-refractivity contribution in [3.8, 4) is 5.75 Å². The van der Waals surface area contributed by atoms with Crippen LogP contribution in [0.2, 0.25) is 0 Å². The van der Waals surface area contributed by atoms with Crippen LogP contribution in [0.15, 0.2) is 24.3 Å². The minimum atomic E-state index is 0.102. The number of hydrogen-bond donors (Lipinski definition) is 1. The molecule has 0 bridgehead atoms. The van der Waals surface area contributed by atoms with Crippen LogP contribution >= 0.6 is 0 Å². The molecule has 2 aliphatic rings. The third-order valence-electron chi connectivity index (χ3n) is 4.11. The maximum atomic E-state index is 12.3. The van der Waals surface area contributed by atoms with E-state index in [0.29, 0.717) is 0 Å². The summed E-state index contributed by atoms with van der Waals surface area (Å²) < 4.78 is 5.68. The van der Waals surface area contributed by atoms with E-state index in [1.165, 1.54) is 12.8 Å². The molecule has 0 unspecified atom stereocenters. The Labute approximate surface area is 119 Å². The number of carbonyl (C=O) groups excluding carboxylic acids is 1. The third-order valence-corrected chi connectivity index (χ3v) is 4.11. The lowest BCUT2D eigenvalue weighted by atomic mass is 10.0. The van der Waals surface area contributed by atoms with Crippen molar-refractivity contribution in [1.29, 1.82) is 0 Å². The maximum absolute atomic E-state index is 12.3. The van der Waals surface area contributed by atoms with E-state index in [1.54, 1.807) is 0 Å². The van der Waals surface area contributed by atoms with Crippen LogP contribution in [0.25, 0.3) is 0 Å². The number of nitrogens with zero attached hydrogens (tertiary/aromatic N) is 1. The number of piperidine rings is 1. The smallest absolute Gasteiger partial charge is 0.253 e. The number of hydrogen-bond acceptors (Lipinski definition) is 3. The van der Waals surface area contributed by atoms with Gasteiger partial charge in [-0.3, -0.25) is 4.79 Å². The van der Waals surface area contributed by atoms with Crippen molar-refractivity contribution < 1.29 is 9.53 Å². The van der Waals surface area contributed by atoms with Crippen LogP contribution in [-0.2, 0) is 0 Å². The molecule has 1 aromatic rings. The number of carbonyl (C=O) groups is 1. The van der Waals surface area contributed by atoms with Gasteiger partial charge in [0.05, 0.1) is 6.61 Å². The Hall–Kier alpha value is -1.55. The Kier molecular flexibility index (Phi) is 3.92. The van der Waals surface area contributed by atoms with E-state index in [9.17, 15) is 4.79 Å². The number of amides is 1. The molecule has 0 atom stereocenters. The van der Waals surface area contributed by atoms with Crippen LogP contribution in [0.1, 0.15) is 36.0 Å². The van der Waals surface area contributed by atoms with E-state index in [2.05, 4.69) is 0 Å². The number of benzene rings is 1. The molecule has 4 heteroatoms. The average Bonchev–Trinajstić information content (AvgIpc) is 3.30. The summed E-state index contributed by atoms with van der Waals surface area (Å²) in [5, 5.41) is 0. The lowest BCUT2D eigenvalue weighted by Crippen LogP contribution is -2.42. The van der Waals surface area contributed by atoms with E-state index in [0.717, 1.165) is 49.8 Å². The highest BCUT2D eigenvalue weighted by molar-refractivity contribution is 5.94. The molecule has 1 aliphatic heterocycles. The molecule has 4 nitrogen and oxygen atoms in total. The van der Waals surface area contributed by atoms with Gasteiger partial charge in [-0.1, -0.05) is 0 Å². The molecule has 0 spiro atoms. The number of ether oxygens (including phenoxy) is 1. The average molecular weight is 274 g/mol. The number of nitrogens with two attached hydrogens (primary N) is 1. The van der Waals surface area contributed by atoms with Gasteiger partial charge < -0.3 is 15.4 Å². The molecule has 1 saturated carbocycles. The Bertz CT molecular complexity index is 460. The molecule has 108 valence electrons. The predicted octanol–water partition coefficient (Wildman–Crippen LogP) is 2.04. The van der Waals surface area contributed by atoms with E-state index >= 15 is 0 Å². The topological polar surface area (TPSA) is 55.6 Å². The molecule has 1 saturated heterocycles. The van der Waals surface area contributed by atoms with Gasteiger partial charge in [-0.2, -0.15) is 0 Å². The Morgan fingerprint density at radius 3 is 2.40 bits per heavy atom. The molecular formula is C16H22N2O2. The summed E-state index contributed by atoms with van der Waals surface area (Å²) in [7, 11) is 0. The van der Waals surface area contributed by atoms with Crippen molar-refractivity contribution in [2.75, 3.05) is 19.7 Å². The summed E-state index contributed by atoms with van der Waals surface area (Å²) in [4.78, 5) is 14.2. The number of likely N-dealkylation sites (tertiary alicyclic amines) is 1. The summed E-state index contributed by atoms with van der Waals surface area (Å²) in [6, 6.07) is 7.76. The lowest BCUT2D eigenvalue weighted by Gasteiger charge is -2.30. The Balaban J connectivity index is 1.56. The second-order valence-corrected chi connectivity index (χ2v) is 5.91. The first-order chi connectivity index (χ1) is 9.72. The first kappa shape index (κ1) is 13.4. The minimum Gasteiger partial charge on any atom is -0.493 e. The van der Waals surface area contributed by atoms with Crippen LogP contribution in [0.5, 0.6) is 5.75 Å². The van der Waals surface area contributed by atoms with Gasteiger partial charge in [0, 0.05) is 24.7 Å². The molecule has 0 radical (unpaired) electrons. The highest BCUT2D eigenvalue weighted by Crippen LogP contribution is 2.29. The first-order valence-electron chi connectivity index (χ1n) is 7.50. The normalized spacial score (nSPS) is 19.9. The standard InChI is InChI=1S/C16H22N2O2/c17-14-7-9-18(10-8-14)16(19)13-3-5-15(6-4-13)20-11-12-1-2-12/h3-6,12,14H,1-2,7-11,17H2. The summed E-state index contributed by atoms with van der Waals surface area (Å²) in [5.41, 5.74) is 6.60. The van der Waals surface area contributed by atoms with Crippen molar-refractivity contribution in [3.05, 3.63) is 29.8 Å². The maximum Gasteiger partial charge on any atom is 0.253 e. The third kappa shape index (κ3) is 3.31. The van der Waals surface area contributed by atoms with Crippen LogP contribution < -0.4 is 10.5 Å². The predicted molar refractivity (Wildman–Crippen MR) is 77.8 cm³/mol. The Morgan fingerprint density at radius 1 is 1.15 bits per heavy atom. The van der Waals surface area contributed by atoms with Crippen molar-refractivity contribution in [1.82, 2.24) is 4.90 Å². The van der Waals surface area contributed by atoms with Crippen LogP contribution in [-0.4, -0.2) is 36.5 Å². The molecule has 0 aromatic heterocycles. The number of rotatable bonds is 4. The van der Waals surface area contributed by atoms with Gasteiger partial charge in [-0.25, -0.2) is 0 Å². The lowest BCUT2D eigenvalue weighted by molar-refractivity contribution is 0.0714. The van der Waals surface area contributed by atoms with Crippen LogP contribution in [0.4, 0.5) is 0 Å². The monoisotopic (exact) mass is 274 g/mol. The fraction of sp³-hybridized carbons (Fsp3) is 0.562. The summed E-state index contributed by atoms with van der Waals surface area (Å²) in [6.45, 7) is 2.33. The van der Waals surface area contributed by atoms with Crippen molar-refractivity contribution in [3.63, 3.8) is 0 Å². The molecule has 1 aromatic carbocycles. The molecule has 1 aliphatic carbocycles. The van der Waals surface area contributed by atoms with Gasteiger partial charge in [-0.05, 0) is 55.9 Å². The molecular weight excluding hydrogens is 252 g/mol. The molecule has 1 heterocycles. The quantitative estimate of drug-likeness (QED) is 0.914. The highest BCUT2D eigenvalue weighted by Gasteiger charge is 2.23. The molecule has 2 fully saturated rings. The summed E-state index contributed by atoms with van der Waals surface area (Å²) >= 11 is 0. The van der Waals surface area contributed by atoms with Gasteiger partial charge >= 0.3 is 0 Å². The van der Waals surface area contributed by atoms with Crippen molar-refractivity contribution >= 4 is 5.91 Å². The summed E-state index contributed by atoms with van der Waals surface area (Å²) in [6.07, 6.45) is 4.37. The largest absolute Gasteiger partial charge is 0.493 e.